The standard InChI is InChI=1S/C23H24N6O3/c1-3-16(14-30)25-22(31)18-12-24-28(2)21(18)23(32)26-17-9-10-29-13-19(27-20(29)11-17)15-7-5-4-6-8-15/h4-13,16,30H,3,14H2,1-2H3,(H,25,31)(H,26,32). The molecule has 0 radical (unpaired) electrons. The smallest absolute Gasteiger partial charge is 0.274 e. The molecule has 3 heterocycles. The Hall–Kier alpha value is -3.98. The summed E-state index contributed by atoms with van der Waals surface area (Å²) in [7, 11) is 1.60. The second-order valence-electron chi connectivity index (χ2n) is 7.42. The van der Waals surface area contributed by atoms with Crippen LogP contribution in [0.1, 0.15) is 34.2 Å². The van der Waals surface area contributed by atoms with Gasteiger partial charge in [-0.2, -0.15) is 5.10 Å². The van der Waals surface area contributed by atoms with Crippen LogP contribution in [0.5, 0.6) is 0 Å². The van der Waals surface area contributed by atoms with Crippen molar-refractivity contribution in [3.05, 3.63) is 72.3 Å². The van der Waals surface area contributed by atoms with Crippen LogP contribution in [0, 0.1) is 0 Å². The number of anilines is 1. The molecule has 9 heteroatoms. The number of benzene rings is 1. The van der Waals surface area contributed by atoms with Gasteiger partial charge in [0.25, 0.3) is 11.8 Å². The van der Waals surface area contributed by atoms with E-state index in [0.29, 0.717) is 17.8 Å². The third-order valence-electron chi connectivity index (χ3n) is 5.23. The summed E-state index contributed by atoms with van der Waals surface area (Å²) >= 11 is 0. The van der Waals surface area contributed by atoms with Crippen LogP contribution < -0.4 is 10.6 Å². The van der Waals surface area contributed by atoms with Gasteiger partial charge in [0.2, 0.25) is 0 Å². The van der Waals surface area contributed by atoms with E-state index in [-0.39, 0.29) is 23.9 Å². The van der Waals surface area contributed by atoms with Crippen molar-refractivity contribution in [1.82, 2.24) is 24.5 Å². The minimum Gasteiger partial charge on any atom is -0.394 e. The predicted octanol–water partition coefficient (Wildman–Crippen LogP) is 2.49. The number of aryl methyl sites for hydroxylation is 1. The van der Waals surface area contributed by atoms with E-state index in [2.05, 4.69) is 20.7 Å². The number of fused-ring (bicyclic) bond motifs is 1. The minimum absolute atomic E-state index is 0.128. The van der Waals surface area contributed by atoms with E-state index in [4.69, 9.17) is 0 Å². The Morgan fingerprint density at radius 1 is 1.16 bits per heavy atom. The third-order valence-corrected chi connectivity index (χ3v) is 5.23. The Balaban J connectivity index is 1.56. The van der Waals surface area contributed by atoms with Gasteiger partial charge >= 0.3 is 0 Å². The lowest BCUT2D eigenvalue weighted by Gasteiger charge is -2.14. The van der Waals surface area contributed by atoms with Gasteiger partial charge in [-0.15, -0.1) is 0 Å². The summed E-state index contributed by atoms with van der Waals surface area (Å²) < 4.78 is 3.23. The number of carbonyl (C=O) groups excluding carboxylic acids is 2. The Kier molecular flexibility index (Phi) is 6.00. The molecule has 3 aromatic heterocycles. The van der Waals surface area contributed by atoms with Crippen LogP contribution in [0.2, 0.25) is 0 Å². The van der Waals surface area contributed by atoms with Gasteiger partial charge in [-0.3, -0.25) is 14.3 Å². The highest BCUT2D eigenvalue weighted by Crippen LogP contribution is 2.21. The number of carbonyl (C=O) groups is 2. The van der Waals surface area contributed by atoms with E-state index in [1.165, 1.54) is 10.9 Å². The van der Waals surface area contributed by atoms with Crippen LogP contribution in [-0.4, -0.2) is 48.7 Å². The highest BCUT2D eigenvalue weighted by molar-refractivity contribution is 6.11. The first kappa shape index (κ1) is 21.3. The second-order valence-corrected chi connectivity index (χ2v) is 7.42. The predicted molar refractivity (Wildman–Crippen MR) is 120 cm³/mol. The SMILES string of the molecule is CCC(CO)NC(=O)c1cnn(C)c1C(=O)Nc1ccn2cc(-c3ccccc3)nc2c1. The molecule has 0 saturated heterocycles. The molecule has 0 aliphatic carbocycles. The van der Waals surface area contributed by atoms with Crippen LogP contribution >= 0.6 is 0 Å². The van der Waals surface area contributed by atoms with E-state index in [9.17, 15) is 14.7 Å². The monoisotopic (exact) mass is 432 g/mol. The number of imidazole rings is 1. The molecule has 2 amide bonds. The average molecular weight is 432 g/mol. The van der Waals surface area contributed by atoms with Crippen molar-refractivity contribution in [3.63, 3.8) is 0 Å². The van der Waals surface area contributed by atoms with Crippen LogP contribution in [0.25, 0.3) is 16.9 Å². The maximum atomic E-state index is 13.0. The molecule has 0 fully saturated rings. The number of nitrogens with one attached hydrogen (secondary N) is 2. The lowest BCUT2D eigenvalue weighted by Crippen LogP contribution is -2.37. The molecule has 9 nitrogen and oxygen atoms in total. The maximum Gasteiger partial charge on any atom is 0.274 e. The molecule has 1 aromatic carbocycles. The molecule has 0 bridgehead atoms. The largest absolute Gasteiger partial charge is 0.394 e. The topological polar surface area (TPSA) is 114 Å². The van der Waals surface area contributed by atoms with Crippen molar-refractivity contribution in [3.8, 4) is 11.3 Å². The van der Waals surface area contributed by atoms with E-state index >= 15 is 0 Å². The van der Waals surface area contributed by atoms with Crippen molar-refractivity contribution in [2.75, 3.05) is 11.9 Å². The van der Waals surface area contributed by atoms with E-state index in [1.54, 1.807) is 19.2 Å². The molecule has 164 valence electrons. The number of hydrogen-bond donors (Lipinski definition) is 3. The van der Waals surface area contributed by atoms with E-state index < -0.39 is 11.8 Å². The highest BCUT2D eigenvalue weighted by atomic mass is 16.3. The zero-order valence-corrected chi connectivity index (χ0v) is 17.8. The molecule has 4 rings (SSSR count). The molecular formula is C23H24N6O3. The maximum absolute atomic E-state index is 13.0. The molecule has 3 N–H and O–H groups in total. The zero-order valence-electron chi connectivity index (χ0n) is 17.8. The van der Waals surface area contributed by atoms with Gasteiger partial charge in [0.1, 0.15) is 11.3 Å². The fourth-order valence-corrected chi connectivity index (χ4v) is 3.41. The van der Waals surface area contributed by atoms with Gasteiger partial charge in [0, 0.05) is 36.8 Å². The summed E-state index contributed by atoms with van der Waals surface area (Å²) in [4.78, 5) is 30.2. The minimum atomic E-state index is -0.466. The first-order chi connectivity index (χ1) is 15.5. The van der Waals surface area contributed by atoms with Gasteiger partial charge in [-0.1, -0.05) is 37.3 Å². The fraction of sp³-hybridized carbons (Fsp3) is 0.217. The van der Waals surface area contributed by atoms with Gasteiger partial charge in [-0.25, -0.2) is 4.98 Å². The van der Waals surface area contributed by atoms with E-state index in [1.807, 2.05) is 54.0 Å². The van der Waals surface area contributed by atoms with Gasteiger partial charge < -0.3 is 20.1 Å². The summed E-state index contributed by atoms with van der Waals surface area (Å²) in [5, 5.41) is 18.9. The molecule has 0 spiro atoms. The number of hydrogen-bond acceptors (Lipinski definition) is 5. The molecular weight excluding hydrogens is 408 g/mol. The molecule has 32 heavy (non-hydrogen) atoms. The van der Waals surface area contributed by atoms with Crippen LogP contribution in [-0.2, 0) is 7.05 Å². The average Bonchev–Trinajstić information content (AvgIpc) is 3.41. The number of rotatable bonds is 7. The fourth-order valence-electron chi connectivity index (χ4n) is 3.41. The van der Waals surface area contributed by atoms with Crippen LogP contribution in [0.3, 0.4) is 0 Å². The number of aliphatic hydroxyl groups is 1. The molecule has 0 aliphatic heterocycles. The zero-order chi connectivity index (χ0) is 22.7. The van der Waals surface area contributed by atoms with Gasteiger partial charge in [-0.05, 0) is 12.5 Å². The number of aromatic nitrogens is 4. The first-order valence-electron chi connectivity index (χ1n) is 10.3. The normalized spacial score (nSPS) is 12.0. The summed E-state index contributed by atoms with van der Waals surface area (Å²) in [6.07, 6.45) is 5.65. The number of amides is 2. The van der Waals surface area contributed by atoms with Gasteiger partial charge in [0.05, 0.1) is 30.1 Å². The van der Waals surface area contributed by atoms with Crippen LogP contribution in [0.15, 0.2) is 61.1 Å². The van der Waals surface area contributed by atoms with Crippen molar-refractivity contribution in [2.24, 2.45) is 7.05 Å². The quantitative estimate of drug-likeness (QED) is 0.415. The summed E-state index contributed by atoms with van der Waals surface area (Å²) in [6, 6.07) is 13.0. The summed E-state index contributed by atoms with van der Waals surface area (Å²) in [5.41, 5.74) is 3.32. The Bertz CT molecular complexity index is 1260. The van der Waals surface area contributed by atoms with Crippen LogP contribution in [0.4, 0.5) is 5.69 Å². The molecule has 4 aromatic rings. The number of pyridine rings is 1. The number of aliphatic hydroxyl groups excluding tert-OH is 1. The third kappa shape index (κ3) is 4.23. The van der Waals surface area contributed by atoms with Gasteiger partial charge in [0.15, 0.2) is 0 Å². The van der Waals surface area contributed by atoms with Crippen molar-refractivity contribution in [1.29, 1.82) is 0 Å². The Morgan fingerprint density at radius 3 is 2.66 bits per heavy atom. The second kappa shape index (κ2) is 9.03. The van der Waals surface area contributed by atoms with E-state index in [0.717, 1.165) is 11.3 Å². The highest BCUT2D eigenvalue weighted by Gasteiger charge is 2.23. The number of nitrogens with zero attached hydrogens (tertiary/aromatic N) is 4. The van der Waals surface area contributed by atoms with Crippen molar-refractivity contribution < 1.29 is 14.7 Å². The molecule has 0 aliphatic rings. The summed E-state index contributed by atoms with van der Waals surface area (Å²) in [5.74, 6) is -0.924. The van der Waals surface area contributed by atoms with Crippen molar-refractivity contribution >= 4 is 23.1 Å². The lowest BCUT2D eigenvalue weighted by molar-refractivity contribution is 0.0904. The first-order valence-corrected chi connectivity index (χ1v) is 10.3. The Labute approximate surface area is 184 Å². The lowest BCUT2D eigenvalue weighted by atomic mass is 10.1. The summed E-state index contributed by atoms with van der Waals surface area (Å²) in [6.45, 7) is 1.67. The molecule has 1 unspecified atom stereocenters. The molecule has 0 saturated carbocycles. The Morgan fingerprint density at radius 2 is 1.94 bits per heavy atom. The molecule has 1 atom stereocenters. The van der Waals surface area contributed by atoms with Crippen molar-refractivity contribution in [2.45, 2.75) is 19.4 Å².